The standard InChI is InChI=1S/C16H22N2O2/c17-16(8-10-20-11-9-16)15(19)18-14-7-3-5-12-4-1-2-6-13(12)14/h1-2,4,6,14H,3,5,7-11,17H2,(H,18,19). The summed E-state index contributed by atoms with van der Waals surface area (Å²) >= 11 is 0. The topological polar surface area (TPSA) is 64.4 Å². The number of carbonyl (C=O) groups excluding carboxylic acids is 1. The van der Waals surface area contributed by atoms with E-state index in [0.717, 1.165) is 19.3 Å². The summed E-state index contributed by atoms with van der Waals surface area (Å²) in [6, 6.07) is 8.48. The second-order valence-electron chi connectivity index (χ2n) is 5.89. The Labute approximate surface area is 119 Å². The number of amides is 1. The minimum absolute atomic E-state index is 0.0255. The van der Waals surface area contributed by atoms with Crippen LogP contribution in [0, 0.1) is 0 Å². The number of benzene rings is 1. The number of hydrogen-bond donors (Lipinski definition) is 2. The van der Waals surface area contributed by atoms with Crippen molar-refractivity contribution in [3.63, 3.8) is 0 Å². The summed E-state index contributed by atoms with van der Waals surface area (Å²) in [6.45, 7) is 1.15. The molecule has 4 heteroatoms. The van der Waals surface area contributed by atoms with Gasteiger partial charge < -0.3 is 15.8 Å². The second kappa shape index (κ2) is 5.54. The fraction of sp³-hybridized carbons (Fsp3) is 0.562. The highest BCUT2D eigenvalue weighted by atomic mass is 16.5. The highest BCUT2D eigenvalue weighted by Gasteiger charge is 2.37. The summed E-state index contributed by atoms with van der Waals surface area (Å²) in [6.07, 6.45) is 4.42. The van der Waals surface area contributed by atoms with E-state index in [9.17, 15) is 4.79 Å². The minimum Gasteiger partial charge on any atom is -0.381 e. The van der Waals surface area contributed by atoms with Gasteiger partial charge in [-0.05, 0) is 43.2 Å². The van der Waals surface area contributed by atoms with Crippen molar-refractivity contribution in [3.05, 3.63) is 35.4 Å². The molecule has 3 rings (SSSR count). The quantitative estimate of drug-likeness (QED) is 0.862. The molecule has 1 aliphatic carbocycles. The van der Waals surface area contributed by atoms with Crippen molar-refractivity contribution >= 4 is 5.91 Å². The summed E-state index contributed by atoms with van der Waals surface area (Å²) in [5.74, 6) is -0.0255. The average Bonchev–Trinajstić information content (AvgIpc) is 2.48. The van der Waals surface area contributed by atoms with Crippen LogP contribution < -0.4 is 11.1 Å². The van der Waals surface area contributed by atoms with Crippen molar-refractivity contribution in [1.82, 2.24) is 5.32 Å². The van der Waals surface area contributed by atoms with Gasteiger partial charge in [0.2, 0.25) is 5.91 Å². The molecular weight excluding hydrogens is 252 g/mol. The third-order valence-electron chi connectivity index (χ3n) is 4.51. The molecule has 108 valence electrons. The Morgan fingerprint density at radius 3 is 2.85 bits per heavy atom. The third kappa shape index (κ3) is 2.58. The molecule has 1 fully saturated rings. The smallest absolute Gasteiger partial charge is 0.240 e. The molecule has 1 heterocycles. The first kappa shape index (κ1) is 13.6. The maximum absolute atomic E-state index is 12.5. The van der Waals surface area contributed by atoms with Gasteiger partial charge in [-0.3, -0.25) is 4.79 Å². The molecule has 0 saturated carbocycles. The van der Waals surface area contributed by atoms with E-state index in [0.29, 0.717) is 26.1 Å². The van der Waals surface area contributed by atoms with Crippen LogP contribution in [-0.4, -0.2) is 24.7 Å². The summed E-state index contributed by atoms with van der Waals surface area (Å²) in [4.78, 5) is 12.5. The van der Waals surface area contributed by atoms with Crippen molar-refractivity contribution in [2.45, 2.75) is 43.7 Å². The van der Waals surface area contributed by atoms with Crippen LogP contribution in [0.4, 0.5) is 0 Å². The molecular formula is C16H22N2O2. The number of nitrogens with one attached hydrogen (secondary N) is 1. The number of carbonyl (C=O) groups is 1. The molecule has 1 aromatic rings. The summed E-state index contributed by atoms with van der Waals surface area (Å²) in [7, 11) is 0. The van der Waals surface area contributed by atoms with Gasteiger partial charge in [0, 0.05) is 13.2 Å². The predicted molar refractivity (Wildman–Crippen MR) is 77.2 cm³/mol. The van der Waals surface area contributed by atoms with Crippen molar-refractivity contribution in [1.29, 1.82) is 0 Å². The minimum atomic E-state index is -0.759. The monoisotopic (exact) mass is 274 g/mol. The van der Waals surface area contributed by atoms with E-state index in [4.69, 9.17) is 10.5 Å². The lowest BCUT2D eigenvalue weighted by molar-refractivity contribution is -0.130. The first-order valence-corrected chi connectivity index (χ1v) is 7.44. The lowest BCUT2D eigenvalue weighted by Gasteiger charge is -2.35. The summed E-state index contributed by atoms with van der Waals surface area (Å²) in [5.41, 5.74) is 8.09. The molecule has 3 N–H and O–H groups in total. The maximum atomic E-state index is 12.5. The van der Waals surface area contributed by atoms with Crippen molar-refractivity contribution in [2.75, 3.05) is 13.2 Å². The van der Waals surface area contributed by atoms with Crippen LogP contribution in [0.15, 0.2) is 24.3 Å². The lowest BCUT2D eigenvalue weighted by Crippen LogP contribution is -2.57. The van der Waals surface area contributed by atoms with E-state index in [1.54, 1.807) is 0 Å². The fourth-order valence-electron chi connectivity index (χ4n) is 3.17. The van der Waals surface area contributed by atoms with Crippen LogP contribution in [0.5, 0.6) is 0 Å². The molecule has 0 radical (unpaired) electrons. The molecule has 1 saturated heterocycles. The molecule has 1 atom stereocenters. The zero-order chi connectivity index (χ0) is 14.0. The first-order chi connectivity index (χ1) is 9.69. The molecule has 1 unspecified atom stereocenters. The maximum Gasteiger partial charge on any atom is 0.240 e. The SMILES string of the molecule is NC1(C(=O)NC2CCCc3ccccc32)CCOCC1. The van der Waals surface area contributed by atoms with Crippen LogP contribution in [-0.2, 0) is 16.0 Å². The number of rotatable bonds is 2. The third-order valence-corrected chi connectivity index (χ3v) is 4.51. The first-order valence-electron chi connectivity index (χ1n) is 7.44. The molecule has 2 aliphatic rings. The zero-order valence-corrected chi connectivity index (χ0v) is 11.7. The van der Waals surface area contributed by atoms with Crippen LogP contribution in [0.2, 0.25) is 0 Å². The second-order valence-corrected chi connectivity index (χ2v) is 5.89. The summed E-state index contributed by atoms with van der Waals surface area (Å²) < 4.78 is 5.30. The number of fused-ring (bicyclic) bond motifs is 1. The molecule has 1 amide bonds. The number of hydrogen-bond acceptors (Lipinski definition) is 3. The normalized spacial score (nSPS) is 24.8. The van der Waals surface area contributed by atoms with Crippen LogP contribution >= 0.6 is 0 Å². The number of ether oxygens (including phenoxy) is 1. The Morgan fingerprint density at radius 2 is 2.05 bits per heavy atom. The number of aryl methyl sites for hydroxylation is 1. The van der Waals surface area contributed by atoms with Gasteiger partial charge in [0.05, 0.1) is 11.6 Å². The molecule has 1 aromatic carbocycles. The van der Waals surface area contributed by atoms with E-state index in [2.05, 4.69) is 23.5 Å². The van der Waals surface area contributed by atoms with Gasteiger partial charge in [-0.25, -0.2) is 0 Å². The van der Waals surface area contributed by atoms with Crippen LogP contribution in [0.1, 0.15) is 42.9 Å². The Kier molecular flexibility index (Phi) is 3.76. The molecule has 0 spiro atoms. The van der Waals surface area contributed by atoms with E-state index in [1.807, 2.05) is 6.07 Å². The zero-order valence-electron chi connectivity index (χ0n) is 11.7. The van der Waals surface area contributed by atoms with Gasteiger partial charge in [-0.2, -0.15) is 0 Å². The molecule has 0 bridgehead atoms. The Balaban J connectivity index is 1.74. The molecule has 4 nitrogen and oxygen atoms in total. The van der Waals surface area contributed by atoms with E-state index >= 15 is 0 Å². The Morgan fingerprint density at radius 1 is 1.30 bits per heavy atom. The highest BCUT2D eigenvalue weighted by Crippen LogP contribution is 2.30. The van der Waals surface area contributed by atoms with E-state index < -0.39 is 5.54 Å². The van der Waals surface area contributed by atoms with Crippen LogP contribution in [0.3, 0.4) is 0 Å². The van der Waals surface area contributed by atoms with Gasteiger partial charge in [0.25, 0.3) is 0 Å². The van der Waals surface area contributed by atoms with Gasteiger partial charge in [-0.1, -0.05) is 24.3 Å². The Hall–Kier alpha value is -1.39. The molecule has 20 heavy (non-hydrogen) atoms. The van der Waals surface area contributed by atoms with Crippen molar-refractivity contribution < 1.29 is 9.53 Å². The van der Waals surface area contributed by atoms with Gasteiger partial charge in [-0.15, -0.1) is 0 Å². The molecule has 0 aromatic heterocycles. The van der Waals surface area contributed by atoms with Gasteiger partial charge >= 0.3 is 0 Å². The van der Waals surface area contributed by atoms with Gasteiger partial charge in [0.1, 0.15) is 0 Å². The molecule has 1 aliphatic heterocycles. The highest BCUT2D eigenvalue weighted by molar-refractivity contribution is 5.86. The largest absolute Gasteiger partial charge is 0.381 e. The van der Waals surface area contributed by atoms with Crippen molar-refractivity contribution in [3.8, 4) is 0 Å². The predicted octanol–water partition coefficient (Wildman–Crippen LogP) is 1.69. The van der Waals surface area contributed by atoms with E-state index in [-0.39, 0.29) is 11.9 Å². The average molecular weight is 274 g/mol. The van der Waals surface area contributed by atoms with Crippen LogP contribution in [0.25, 0.3) is 0 Å². The summed E-state index contributed by atoms with van der Waals surface area (Å²) in [5, 5.41) is 3.17. The Bertz CT molecular complexity index is 495. The lowest BCUT2D eigenvalue weighted by atomic mass is 9.85. The van der Waals surface area contributed by atoms with Crippen molar-refractivity contribution in [2.24, 2.45) is 5.73 Å². The van der Waals surface area contributed by atoms with Gasteiger partial charge in [0.15, 0.2) is 0 Å². The fourth-order valence-corrected chi connectivity index (χ4v) is 3.17. The van der Waals surface area contributed by atoms with E-state index in [1.165, 1.54) is 11.1 Å². The number of nitrogens with two attached hydrogens (primary N) is 1.